The molecule has 0 amide bonds. The molecule has 1 unspecified atom stereocenters. The third kappa shape index (κ3) is 2.12. The van der Waals surface area contributed by atoms with Gasteiger partial charge in [-0.25, -0.2) is 4.98 Å². The first kappa shape index (κ1) is 10.8. The van der Waals surface area contributed by atoms with Crippen LogP contribution in [-0.4, -0.2) is 14.5 Å². The van der Waals surface area contributed by atoms with Crippen LogP contribution in [-0.2, 0) is 13.5 Å². The first-order valence-corrected chi connectivity index (χ1v) is 5.32. The molecular formula is C12H16N4. The average Bonchev–Trinajstić information content (AvgIpc) is 2.65. The maximum Gasteiger partial charge on any atom is 0.110 e. The van der Waals surface area contributed by atoms with E-state index in [1.165, 1.54) is 0 Å². The normalized spacial score (nSPS) is 12.7. The van der Waals surface area contributed by atoms with E-state index in [2.05, 4.69) is 9.97 Å². The van der Waals surface area contributed by atoms with E-state index in [0.717, 1.165) is 23.5 Å². The molecular weight excluding hydrogens is 200 g/mol. The second-order valence-corrected chi connectivity index (χ2v) is 3.94. The van der Waals surface area contributed by atoms with Gasteiger partial charge in [0, 0.05) is 43.8 Å². The quantitative estimate of drug-likeness (QED) is 0.843. The highest BCUT2D eigenvalue weighted by atomic mass is 15.0. The zero-order chi connectivity index (χ0) is 11.5. The molecule has 0 aliphatic rings. The molecule has 2 heterocycles. The Morgan fingerprint density at radius 1 is 1.38 bits per heavy atom. The number of aromatic nitrogens is 3. The van der Waals surface area contributed by atoms with Crippen LogP contribution in [0.25, 0.3) is 0 Å². The van der Waals surface area contributed by atoms with E-state index in [1.54, 1.807) is 12.4 Å². The first-order valence-electron chi connectivity index (χ1n) is 5.32. The molecule has 2 aromatic heterocycles. The molecule has 2 N–H and O–H groups in total. The highest BCUT2D eigenvalue weighted by Gasteiger charge is 2.12. The lowest BCUT2D eigenvalue weighted by Gasteiger charge is -2.13. The van der Waals surface area contributed by atoms with Crippen molar-refractivity contribution in [1.82, 2.24) is 14.5 Å². The summed E-state index contributed by atoms with van der Waals surface area (Å²) >= 11 is 0. The Morgan fingerprint density at radius 2 is 2.19 bits per heavy atom. The number of nitrogens with zero attached hydrogens (tertiary/aromatic N) is 3. The summed E-state index contributed by atoms with van der Waals surface area (Å²) in [4.78, 5) is 8.52. The van der Waals surface area contributed by atoms with E-state index >= 15 is 0 Å². The average molecular weight is 216 g/mol. The summed E-state index contributed by atoms with van der Waals surface area (Å²) < 4.78 is 1.99. The minimum atomic E-state index is -0.0465. The molecule has 16 heavy (non-hydrogen) atoms. The highest BCUT2D eigenvalue weighted by molar-refractivity contribution is 5.23. The molecule has 0 aliphatic carbocycles. The highest BCUT2D eigenvalue weighted by Crippen LogP contribution is 2.16. The lowest BCUT2D eigenvalue weighted by Crippen LogP contribution is -2.17. The first-order chi connectivity index (χ1) is 7.68. The number of hydrogen-bond acceptors (Lipinski definition) is 3. The Balaban J connectivity index is 2.18. The fraction of sp³-hybridized carbons (Fsp3) is 0.333. The van der Waals surface area contributed by atoms with Gasteiger partial charge < -0.3 is 10.3 Å². The van der Waals surface area contributed by atoms with Gasteiger partial charge in [-0.15, -0.1) is 0 Å². The molecule has 1 atom stereocenters. The second-order valence-electron chi connectivity index (χ2n) is 3.94. The molecule has 84 valence electrons. The summed E-state index contributed by atoms with van der Waals surface area (Å²) in [6.45, 7) is 1.98. The van der Waals surface area contributed by atoms with E-state index in [-0.39, 0.29) is 6.04 Å². The van der Waals surface area contributed by atoms with Crippen LogP contribution in [0.15, 0.2) is 30.7 Å². The van der Waals surface area contributed by atoms with Crippen LogP contribution in [0.3, 0.4) is 0 Å². The van der Waals surface area contributed by atoms with E-state index < -0.39 is 0 Å². The van der Waals surface area contributed by atoms with Gasteiger partial charge in [-0.2, -0.15) is 0 Å². The van der Waals surface area contributed by atoms with Crippen LogP contribution < -0.4 is 5.73 Å². The zero-order valence-electron chi connectivity index (χ0n) is 9.59. The fourth-order valence-corrected chi connectivity index (χ4v) is 1.79. The Morgan fingerprint density at radius 3 is 2.81 bits per heavy atom. The summed E-state index contributed by atoms with van der Waals surface area (Å²) in [5.74, 6) is 0.996. The van der Waals surface area contributed by atoms with E-state index in [4.69, 9.17) is 5.73 Å². The molecule has 0 radical (unpaired) electrons. The lowest BCUT2D eigenvalue weighted by atomic mass is 10.0. The Hall–Kier alpha value is -1.68. The van der Waals surface area contributed by atoms with Crippen molar-refractivity contribution >= 4 is 0 Å². The van der Waals surface area contributed by atoms with Gasteiger partial charge in [0.1, 0.15) is 5.82 Å². The van der Waals surface area contributed by atoms with Gasteiger partial charge in [-0.05, 0) is 18.6 Å². The molecule has 2 rings (SSSR count). The Bertz CT molecular complexity index is 475. The van der Waals surface area contributed by atoms with Crippen LogP contribution in [0.4, 0.5) is 0 Å². The Labute approximate surface area is 95.1 Å². The van der Waals surface area contributed by atoms with Gasteiger partial charge >= 0.3 is 0 Å². The topological polar surface area (TPSA) is 56.7 Å². The predicted octanol–water partition coefficient (Wildman–Crippen LogP) is 1.37. The van der Waals surface area contributed by atoms with Crippen LogP contribution >= 0.6 is 0 Å². The summed E-state index contributed by atoms with van der Waals surface area (Å²) in [5.41, 5.74) is 8.24. The molecule has 0 fully saturated rings. The van der Waals surface area contributed by atoms with Crippen molar-refractivity contribution in [3.8, 4) is 0 Å². The molecule has 0 aliphatic heterocycles. The second kappa shape index (κ2) is 4.45. The summed E-state index contributed by atoms with van der Waals surface area (Å²) in [7, 11) is 1.98. The number of imidazole rings is 1. The van der Waals surface area contributed by atoms with Gasteiger partial charge in [0.05, 0.1) is 0 Å². The molecule has 0 aromatic carbocycles. The van der Waals surface area contributed by atoms with Crippen molar-refractivity contribution < 1.29 is 0 Å². The van der Waals surface area contributed by atoms with Crippen molar-refractivity contribution in [2.75, 3.05) is 0 Å². The van der Waals surface area contributed by atoms with Gasteiger partial charge in [-0.1, -0.05) is 6.07 Å². The molecule has 0 bridgehead atoms. The number of rotatable bonds is 3. The SMILES string of the molecule is Cc1ncccc1C(N)Cc1nccn1C. The number of hydrogen-bond donors (Lipinski definition) is 1. The molecule has 4 heteroatoms. The molecule has 0 saturated carbocycles. The number of pyridine rings is 1. The van der Waals surface area contributed by atoms with Crippen LogP contribution in [0, 0.1) is 6.92 Å². The number of aryl methyl sites for hydroxylation is 2. The summed E-state index contributed by atoms with van der Waals surface area (Å²) in [6, 6.07) is 3.89. The standard InChI is InChI=1S/C12H16N4/c1-9-10(4-3-5-14-9)11(13)8-12-15-6-7-16(12)2/h3-7,11H,8,13H2,1-2H3. The van der Waals surface area contributed by atoms with Gasteiger partial charge in [-0.3, -0.25) is 4.98 Å². The largest absolute Gasteiger partial charge is 0.338 e. The van der Waals surface area contributed by atoms with Crippen molar-refractivity contribution in [1.29, 1.82) is 0 Å². The molecule has 4 nitrogen and oxygen atoms in total. The van der Waals surface area contributed by atoms with E-state index in [9.17, 15) is 0 Å². The van der Waals surface area contributed by atoms with Gasteiger partial charge in [0.2, 0.25) is 0 Å². The van der Waals surface area contributed by atoms with E-state index in [1.807, 2.05) is 36.9 Å². The van der Waals surface area contributed by atoms with Crippen molar-refractivity contribution in [3.05, 3.63) is 47.8 Å². The molecule has 2 aromatic rings. The van der Waals surface area contributed by atoms with Crippen LogP contribution in [0.2, 0.25) is 0 Å². The lowest BCUT2D eigenvalue weighted by molar-refractivity contribution is 0.653. The maximum atomic E-state index is 6.16. The third-order valence-electron chi connectivity index (χ3n) is 2.77. The van der Waals surface area contributed by atoms with Gasteiger partial charge in [0.15, 0.2) is 0 Å². The molecule has 0 saturated heterocycles. The van der Waals surface area contributed by atoms with Crippen LogP contribution in [0.1, 0.15) is 23.1 Å². The maximum absolute atomic E-state index is 6.16. The third-order valence-corrected chi connectivity index (χ3v) is 2.77. The summed E-state index contributed by atoms with van der Waals surface area (Å²) in [5, 5.41) is 0. The minimum Gasteiger partial charge on any atom is -0.338 e. The van der Waals surface area contributed by atoms with Gasteiger partial charge in [0.25, 0.3) is 0 Å². The minimum absolute atomic E-state index is 0.0465. The van der Waals surface area contributed by atoms with E-state index in [0.29, 0.717) is 0 Å². The van der Waals surface area contributed by atoms with Crippen molar-refractivity contribution in [2.45, 2.75) is 19.4 Å². The number of nitrogens with two attached hydrogens (primary N) is 1. The molecule has 0 spiro atoms. The smallest absolute Gasteiger partial charge is 0.110 e. The monoisotopic (exact) mass is 216 g/mol. The predicted molar refractivity (Wildman–Crippen MR) is 62.8 cm³/mol. The summed E-state index contributed by atoms with van der Waals surface area (Å²) in [6.07, 6.45) is 6.23. The fourth-order valence-electron chi connectivity index (χ4n) is 1.79. The van der Waals surface area contributed by atoms with Crippen LogP contribution in [0.5, 0.6) is 0 Å². The zero-order valence-corrected chi connectivity index (χ0v) is 9.59. The van der Waals surface area contributed by atoms with Crippen molar-refractivity contribution in [3.63, 3.8) is 0 Å². The Kier molecular flexibility index (Phi) is 3.01. The van der Waals surface area contributed by atoms with Crippen molar-refractivity contribution in [2.24, 2.45) is 12.8 Å².